The van der Waals surface area contributed by atoms with Crippen LogP contribution in [0, 0.1) is 0 Å². The number of pyridine rings is 1. The van der Waals surface area contributed by atoms with Gasteiger partial charge in [-0.25, -0.2) is 19.7 Å². The number of esters is 1. The van der Waals surface area contributed by atoms with Crippen LogP contribution in [0.25, 0.3) is 22.4 Å². The standard InChI is InChI=1S/C19H18N4O2/c1-3-15-17(14-8-9-16(20)21-10-14)18(23-11-22-15)12-4-6-13(7-5-12)19(24)25-2/h4-11H,3H2,1-2H3,(H2,20,21). The van der Waals surface area contributed by atoms with Gasteiger partial charge in [0.2, 0.25) is 0 Å². The number of nitrogens with two attached hydrogens (primary N) is 1. The third-order valence-electron chi connectivity index (χ3n) is 3.92. The Bertz CT molecular complexity index is 890. The fraction of sp³-hybridized carbons (Fsp3) is 0.158. The molecule has 2 heterocycles. The van der Waals surface area contributed by atoms with Gasteiger partial charge in [0, 0.05) is 22.9 Å². The predicted octanol–water partition coefficient (Wildman–Crippen LogP) is 3.14. The molecule has 3 aromatic rings. The Labute approximate surface area is 145 Å². The predicted molar refractivity (Wildman–Crippen MR) is 95.8 cm³/mol. The molecule has 0 unspecified atom stereocenters. The van der Waals surface area contributed by atoms with E-state index in [4.69, 9.17) is 10.5 Å². The van der Waals surface area contributed by atoms with Crippen molar-refractivity contribution in [3.63, 3.8) is 0 Å². The van der Waals surface area contributed by atoms with Crippen molar-refractivity contribution in [2.75, 3.05) is 12.8 Å². The van der Waals surface area contributed by atoms with E-state index in [1.54, 1.807) is 30.7 Å². The summed E-state index contributed by atoms with van der Waals surface area (Å²) in [4.78, 5) is 24.7. The van der Waals surface area contributed by atoms with Gasteiger partial charge < -0.3 is 10.5 Å². The Morgan fingerprint density at radius 3 is 2.36 bits per heavy atom. The van der Waals surface area contributed by atoms with Gasteiger partial charge in [-0.3, -0.25) is 0 Å². The van der Waals surface area contributed by atoms with Gasteiger partial charge in [-0.15, -0.1) is 0 Å². The minimum atomic E-state index is -0.369. The number of nitrogen functional groups attached to an aromatic ring is 1. The smallest absolute Gasteiger partial charge is 0.337 e. The molecule has 3 rings (SSSR count). The Hall–Kier alpha value is -3.28. The summed E-state index contributed by atoms with van der Waals surface area (Å²) in [6.45, 7) is 2.04. The van der Waals surface area contributed by atoms with Crippen LogP contribution in [-0.2, 0) is 11.2 Å². The highest BCUT2D eigenvalue weighted by atomic mass is 16.5. The van der Waals surface area contributed by atoms with Crippen LogP contribution in [0.15, 0.2) is 48.9 Å². The van der Waals surface area contributed by atoms with Gasteiger partial charge in [0.1, 0.15) is 12.1 Å². The van der Waals surface area contributed by atoms with Crippen molar-refractivity contribution < 1.29 is 9.53 Å². The summed E-state index contributed by atoms with van der Waals surface area (Å²) in [6.07, 6.45) is 4.03. The molecule has 0 atom stereocenters. The van der Waals surface area contributed by atoms with Crippen molar-refractivity contribution in [3.05, 3.63) is 60.2 Å². The molecule has 0 saturated heterocycles. The maximum Gasteiger partial charge on any atom is 0.337 e. The number of anilines is 1. The molecule has 0 aliphatic rings. The SMILES string of the molecule is CCc1ncnc(-c2ccc(C(=O)OC)cc2)c1-c1ccc(N)nc1. The first-order chi connectivity index (χ1) is 12.1. The Morgan fingerprint density at radius 1 is 1.04 bits per heavy atom. The van der Waals surface area contributed by atoms with Crippen LogP contribution in [0.1, 0.15) is 23.0 Å². The number of methoxy groups -OCH3 is 1. The molecule has 0 fully saturated rings. The minimum absolute atomic E-state index is 0.369. The summed E-state index contributed by atoms with van der Waals surface area (Å²) in [5.41, 5.74) is 10.6. The summed E-state index contributed by atoms with van der Waals surface area (Å²) >= 11 is 0. The summed E-state index contributed by atoms with van der Waals surface area (Å²) in [5.74, 6) is 0.0917. The number of ether oxygens (including phenoxy) is 1. The van der Waals surface area contributed by atoms with Crippen LogP contribution in [-0.4, -0.2) is 28.0 Å². The number of benzene rings is 1. The number of nitrogens with zero attached hydrogens (tertiary/aromatic N) is 3. The number of carbonyl (C=O) groups is 1. The van der Waals surface area contributed by atoms with Gasteiger partial charge in [0.05, 0.1) is 24.1 Å². The lowest BCUT2D eigenvalue weighted by molar-refractivity contribution is 0.0601. The normalized spacial score (nSPS) is 10.5. The maximum absolute atomic E-state index is 11.6. The van der Waals surface area contributed by atoms with Crippen molar-refractivity contribution in [1.29, 1.82) is 0 Å². The van der Waals surface area contributed by atoms with Gasteiger partial charge in [-0.2, -0.15) is 0 Å². The third-order valence-corrected chi connectivity index (χ3v) is 3.92. The number of aromatic nitrogens is 3. The van der Waals surface area contributed by atoms with Gasteiger partial charge in [0.15, 0.2) is 0 Å². The van der Waals surface area contributed by atoms with E-state index in [-0.39, 0.29) is 5.97 Å². The second-order valence-corrected chi connectivity index (χ2v) is 5.44. The second kappa shape index (κ2) is 7.09. The molecule has 2 aromatic heterocycles. The number of hydrogen-bond acceptors (Lipinski definition) is 6. The van der Waals surface area contributed by atoms with E-state index in [1.807, 2.05) is 25.1 Å². The van der Waals surface area contributed by atoms with E-state index in [0.717, 1.165) is 34.5 Å². The zero-order valence-electron chi connectivity index (χ0n) is 14.1. The third kappa shape index (κ3) is 3.33. The fourth-order valence-corrected chi connectivity index (χ4v) is 2.65. The number of rotatable bonds is 4. The van der Waals surface area contributed by atoms with E-state index in [1.165, 1.54) is 7.11 Å². The molecule has 0 aliphatic heterocycles. The first-order valence-electron chi connectivity index (χ1n) is 7.88. The molecule has 6 nitrogen and oxygen atoms in total. The molecule has 6 heteroatoms. The molecule has 0 amide bonds. The summed E-state index contributed by atoms with van der Waals surface area (Å²) in [7, 11) is 1.36. The Morgan fingerprint density at radius 2 is 1.76 bits per heavy atom. The van der Waals surface area contributed by atoms with Crippen LogP contribution in [0.3, 0.4) is 0 Å². The van der Waals surface area contributed by atoms with Crippen molar-refractivity contribution in [1.82, 2.24) is 15.0 Å². The van der Waals surface area contributed by atoms with Gasteiger partial charge in [-0.1, -0.05) is 19.1 Å². The number of carbonyl (C=O) groups excluding carboxylic acids is 1. The van der Waals surface area contributed by atoms with E-state index < -0.39 is 0 Å². The lowest BCUT2D eigenvalue weighted by Gasteiger charge is -2.13. The molecule has 0 radical (unpaired) electrons. The van der Waals surface area contributed by atoms with Crippen LogP contribution < -0.4 is 5.73 Å². The largest absolute Gasteiger partial charge is 0.465 e. The Balaban J connectivity index is 2.13. The molecule has 126 valence electrons. The summed E-state index contributed by atoms with van der Waals surface area (Å²) < 4.78 is 4.74. The van der Waals surface area contributed by atoms with Crippen LogP contribution in [0.2, 0.25) is 0 Å². The van der Waals surface area contributed by atoms with E-state index in [9.17, 15) is 4.79 Å². The highest BCUT2D eigenvalue weighted by Gasteiger charge is 2.15. The summed E-state index contributed by atoms with van der Waals surface area (Å²) in [6, 6.07) is 10.8. The van der Waals surface area contributed by atoms with Gasteiger partial charge >= 0.3 is 5.97 Å². The molecule has 1 aromatic carbocycles. The van der Waals surface area contributed by atoms with E-state index in [0.29, 0.717) is 11.4 Å². The molecular formula is C19H18N4O2. The van der Waals surface area contributed by atoms with Crippen molar-refractivity contribution in [2.24, 2.45) is 0 Å². The summed E-state index contributed by atoms with van der Waals surface area (Å²) in [5, 5.41) is 0. The molecule has 0 saturated carbocycles. The fourth-order valence-electron chi connectivity index (χ4n) is 2.65. The monoisotopic (exact) mass is 334 g/mol. The number of hydrogen-bond donors (Lipinski definition) is 1. The van der Waals surface area contributed by atoms with Crippen LogP contribution >= 0.6 is 0 Å². The van der Waals surface area contributed by atoms with E-state index in [2.05, 4.69) is 15.0 Å². The molecule has 25 heavy (non-hydrogen) atoms. The van der Waals surface area contributed by atoms with Crippen molar-refractivity contribution >= 4 is 11.8 Å². The van der Waals surface area contributed by atoms with Gasteiger partial charge in [-0.05, 0) is 30.7 Å². The number of aryl methyl sites for hydroxylation is 1. The quantitative estimate of drug-likeness (QED) is 0.737. The average molecular weight is 334 g/mol. The highest BCUT2D eigenvalue weighted by Crippen LogP contribution is 2.32. The topological polar surface area (TPSA) is 91.0 Å². The zero-order chi connectivity index (χ0) is 17.8. The van der Waals surface area contributed by atoms with Crippen LogP contribution in [0.5, 0.6) is 0 Å². The van der Waals surface area contributed by atoms with Crippen molar-refractivity contribution in [3.8, 4) is 22.4 Å². The van der Waals surface area contributed by atoms with Gasteiger partial charge in [0.25, 0.3) is 0 Å². The first-order valence-corrected chi connectivity index (χ1v) is 7.88. The molecule has 2 N–H and O–H groups in total. The zero-order valence-corrected chi connectivity index (χ0v) is 14.1. The Kier molecular flexibility index (Phi) is 4.70. The molecule has 0 aliphatic carbocycles. The molecule has 0 spiro atoms. The first kappa shape index (κ1) is 16.6. The highest BCUT2D eigenvalue weighted by molar-refractivity contribution is 5.90. The maximum atomic E-state index is 11.6. The van der Waals surface area contributed by atoms with E-state index >= 15 is 0 Å². The lowest BCUT2D eigenvalue weighted by Crippen LogP contribution is -2.02. The lowest BCUT2D eigenvalue weighted by atomic mass is 9.97. The van der Waals surface area contributed by atoms with Crippen molar-refractivity contribution in [2.45, 2.75) is 13.3 Å². The van der Waals surface area contributed by atoms with Crippen LogP contribution in [0.4, 0.5) is 5.82 Å². The second-order valence-electron chi connectivity index (χ2n) is 5.44. The molecular weight excluding hydrogens is 316 g/mol. The average Bonchev–Trinajstić information content (AvgIpc) is 2.67. The minimum Gasteiger partial charge on any atom is -0.465 e. The molecule has 0 bridgehead atoms.